The Morgan fingerprint density at radius 1 is 1.10 bits per heavy atom. The molecule has 0 amide bonds. The molecule has 1 N–H and O–H groups in total. The molecule has 0 aliphatic rings. The molecule has 2 aromatic carbocycles. The Morgan fingerprint density at radius 3 is 2.52 bits per heavy atom. The summed E-state index contributed by atoms with van der Waals surface area (Å²) in [6.07, 6.45) is 0.864. The molecule has 0 saturated carbocycles. The van der Waals surface area contributed by atoms with Crippen molar-refractivity contribution in [3.8, 4) is 0 Å². The molecule has 21 heavy (non-hydrogen) atoms. The fourth-order valence-electron chi connectivity index (χ4n) is 2.37. The average Bonchev–Trinajstić information content (AvgIpc) is 2.46. The SMILES string of the molecule is CCNCC(Cc1ccc(Br)cc1Cl)c1ccccc1Cl. The van der Waals surface area contributed by atoms with Crippen molar-refractivity contribution in [2.24, 2.45) is 0 Å². The second-order valence-electron chi connectivity index (χ2n) is 4.97. The molecule has 0 aliphatic heterocycles. The highest BCUT2D eigenvalue weighted by Gasteiger charge is 2.16. The van der Waals surface area contributed by atoms with Gasteiger partial charge in [-0.3, -0.25) is 0 Å². The van der Waals surface area contributed by atoms with Crippen molar-refractivity contribution in [2.75, 3.05) is 13.1 Å². The largest absolute Gasteiger partial charge is 0.316 e. The van der Waals surface area contributed by atoms with E-state index in [4.69, 9.17) is 23.2 Å². The molecule has 4 heteroatoms. The zero-order valence-electron chi connectivity index (χ0n) is 11.9. The lowest BCUT2D eigenvalue weighted by Gasteiger charge is -2.20. The molecular formula is C17H18BrCl2N. The maximum Gasteiger partial charge on any atom is 0.0449 e. The molecule has 2 aromatic rings. The second-order valence-corrected chi connectivity index (χ2v) is 6.70. The van der Waals surface area contributed by atoms with E-state index in [-0.39, 0.29) is 0 Å². The van der Waals surface area contributed by atoms with Crippen LogP contribution in [0.25, 0.3) is 0 Å². The quantitative estimate of drug-likeness (QED) is 0.672. The Hall–Kier alpha value is -0.540. The Labute approximate surface area is 144 Å². The number of halogens is 3. The number of rotatable bonds is 6. The van der Waals surface area contributed by atoms with Crippen LogP contribution in [0.2, 0.25) is 10.0 Å². The van der Waals surface area contributed by atoms with E-state index in [1.54, 1.807) is 0 Å². The Balaban J connectivity index is 2.26. The summed E-state index contributed by atoms with van der Waals surface area (Å²) in [5.74, 6) is 0.303. The monoisotopic (exact) mass is 385 g/mol. The van der Waals surface area contributed by atoms with Gasteiger partial charge in [0, 0.05) is 27.0 Å². The molecular weight excluding hydrogens is 369 g/mol. The summed E-state index contributed by atoms with van der Waals surface area (Å²) in [5.41, 5.74) is 2.31. The van der Waals surface area contributed by atoms with Gasteiger partial charge in [-0.05, 0) is 42.3 Å². The van der Waals surface area contributed by atoms with Crippen LogP contribution in [0.4, 0.5) is 0 Å². The van der Waals surface area contributed by atoms with Gasteiger partial charge in [0.2, 0.25) is 0 Å². The van der Waals surface area contributed by atoms with Crippen molar-refractivity contribution < 1.29 is 0 Å². The predicted molar refractivity (Wildman–Crippen MR) is 95.6 cm³/mol. The molecule has 0 heterocycles. The number of nitrogens with one attached hydrogen (secondary N) is 1. The summed E-state index contributed by atoms with van der Waals surface area (Å²) < 4.78 is 0.997. The van der Waals surface area contributed by atoms with Crippen molar-refractivity contribution in [1.29, 1.82) is 0 Å². The first-order chi connectivity index (χ1) is 10.1. The molecule has 1 nitrogen and oxygen atoms in total. The van der Waals surface area contributed by atoms with Crippen molar-refractivity contribution >= 4 is 39.1 Å². The number of hydrogen-bond acceptors (Lipinski definition) is 1. The molecule has 0 radical (unpaired) electrons. The summed E-state index contributed by atoms with van der Waals surface area (Å²) in [4.78, 5) is 0. The van der Waals surface area contributed by atoms with Crippen LogP contribution < -0.4 is 5.32 Å². The summed E-state index contributed by atoms with van der Waals surface area (Å²) in [6.45, 7) is 3.93. The Bertz CT molecular complexity index is 601. The smallest absolute Gasteiger partial charge is 0.0449 e. The number of hydrogen-bond donors (Lipinski definition) is 1. The van der Waals surface area contributed by atoms with Crippen LogP contribution in [0, 0.1) is 0 Å². The highest BCUT2D eigenvalue weighted by Crippen LogP contribution is 2.30. The zero-order chi connectivity index (χ0) is 15.2. The minimum atomic E-state index is 0.303. The summed E-state index contributed by atoms with van der Waals surface area (Å²) in [6, 6.07) is 14.1. The molecule has 0 fully saturated rings. The molecule has 2 rings (SSSR count). The van der Waals surface area contributed by atoms with E-state index < -0.39 is 0 Å². The van der Waals surface area contributed by atoms with Crippen LogP contribution in [0.5, 0.6) is 0 Å². The standard InChI is InChI=1S/C17H18BrCl2N/c1-2-21-11-13(15-5-3-4-6-16(15)19)9-12-7-8-14(18)10-17(12)20/h3-8,10,13,21H,2,9,11H2,1H3. The lowest BCUT2D eigenvalue weighted by molar-refractivity contribution is 0.595. The Kier molecular flexibility index (Phi) is 6.56. The summed E-state index contributed by atoms with van der Waals surface area (Å²) >= 11 is 16.2. The van der Waals surface area contributed by atoms with E-state index >= 15 is 0 Å². The van der Waals surface area contributed by atoms with Crippen molar-refractivity contribution in [3.63, 3.8) is 0 Å². The molecule has 0 aliphatic carbocycles. The molecule has 1 atom stereocenters. The van der Waals surface area contributed by atoms with E-state index in [2.05, 4.69) is 40.3 Å². The van der Waals surface area contributed by atoms with Gasteiger partial charge in [0.25, 0.3) is 0 Å². The normalized spacial score (nSPS) is 12.4. The van der Waals surface area contributed by atoms with Gasteiger partial charge in [0.05, 0.1) is 0 Å². The van der Waals surface area contributed by atoms with Crippen molar-refractivity contribution in [3.05, 3.63) is 68.1 Å². The molecule has 0 saturated heterocycles. The van der Waals surface area contributed by atoms with Gasteiger partial charge >= 0.3 is 0 Å². The van der Waals surface area contributed by atoms with Crippen molar-refractivity contribution in [1.82, 2.24) is 5.32 Å². The van der Waals surface area contributed by atoms with Gasteiger partial charge in [0.15, 0.2) is 0 Å². The third-order valence-electron chi connectivity index (χ3n) is 3.47. The van der Waals surface area contributed by atoms with Crippen LogP contribution >= 0.6 is 39.1 Å². The van der Waals surface area contributed by atoms with Crippen molar-refractivity contribution in [2.45, 2.75) is 19.3 Å². The van der Waals surface area contributed by atoms with Crippen LogP contribution in [0.3, 0.4) is 0 Å². The number of likely N-dealkylation sites (N-methyl/N-ethyl adjacent to an activating group) is 1. The first-order valence-electron chi connectivity index (χ1n) is 7.01. The van der Waals surface area contributed by atoms with Gasteiger partial charge in [-0.15, -0.1) is 0 Å². The molecule has 0 aromatic heterocycles. The first kappa shape index (κ1) is 16.8. The van der Waals surface area contributed by atoms with E-state index in [9.17, 15) is 0 Å². The highest BCUT2D eigenvalue weighted by molar-refractivity contribution is 9.10. The predicted octanol–water partition coefficient (Wildman–Crippen LogP) is 5.69. The average molecular weight is 387 g/mol. The van der Waals surface area contributed by atoms with E-state index in [1.807, 2.05) is 30.3 Å². The van der Waals surface area contributed by atoms with Gasteiger partial charge < -0.3 is 5.32 Å². The summed E-state index contributed by atoms with van der Waals surface area (Å²) in [5, 5.41) is 5.02. The maximum absolute atomic E-state index is 6.36. The minimum Gasteiger partial charge on any atom is -0.316 e. The Morgan fingerprint density at radius 2 is 1.86 bits per heavy atom. The van der Waals surface area contributed by atoms with Gasteiger partial charge in [-0.25, -0.2) is 0 Å². The van der Waals surface area contributed by atoms with Crippen LogP contribution in [-0.2, 0) is 6.42 Å². The zero-order valence-corrected chi connectivity index (χ0v) is 15.0. The fourth-order valence-corrected chi connectivity index (χ4v) is 3.41. The minimum absolute atomic E-state index is 0.303. The van der Waals surface area contributed by atoms with Gasteiger partial charge in [-0.1, -0.05) is 70.3 Å². The summed E-state index contributed by atoms with van der Waals surface area (Å²) in [7, 11) is 0. The number of benzene rings is 2. The molecule has 0 spiro atoms. The molecule has 112 valence electrons. The van der Waals surface area contributed by atoms with Crippen LogP contribution in [0.1, 0.15) is 24.0 Å². The van der Waals surface area contributed by atoms with Gasteiger partial charge in [0.1, 0.15) is 0 Å². The second kappa shape index (κ2) is 8.19. The van der Waals surface area contributed by atoms with Crippen LogP contribution in [0.15, 0.2) is 46.9 Å². The molecule has 1 unspecified atom stereocenters. The molecule has 0 bridgehead atoms. The lowest BCUT2D eigenvalue weighted by atomic mass is 9.91. The van der Waals surface area contributed by atoms with E-state index in [1.165, 1.54) is 5.56 Å². The highest BCUT2D eigenvalue weighted by atomic mass is 79.9. The van der Waals surface area contributed by atoms with E-state index in [0.717, 1.165) is 39.6 Å². The topological polar surface area (TPSA) is 12.0 Å². The third kappa shape index (κ3) is 4.72. The third-order valence-corrected chi connectivity index (χ3v) is 4.66. The first-order valence-corrected chi connectivity index (χ1v) is 8.55. The lowest BCUT2D eigenvalue weighted by Crippen LogP contribution is -2.23. The fraction of sp³-hybridized carbons (Fsp3) is 0.294. The van der Waals surface area contributed by atoms with E-state index in [0.29, 0.717) is 5.92 Å². The van der Waals surface area contributed by atoms with Gasteiger partial charge in [-0.2, -0.15) is 0 Å². The van der Waals surface area contributed by atoms with Crippen LogP contribution in [-0.4, -0.2) is 13.1 Å². The maximum atomic E-state index is 6.36.